The first-order valence-electron chi connectivity index (χ1n) is 6.77. The molecule has 1 unspecified atom stereocenters. The molecule has 0 aliphatic carbocycles. The van der Waals surface area contributed by atoms with Crippen LogP contribution in [0.5, 0.6) is 0 Å². The van der Waals surface area contributed by atoms with Gasteiger partial charge in [0.15, 0.2) is 0 Å². The number of thioether (sulfide) groups is 1. The van der Waals surface area contributed by atoms with Crippen molar-refractivity contribution in [2.24, 2.45) is 5.92 Å². The molecule has 1 atom stereocenters. The van der Waals surface area contributed by atoms with Crippen molar-refractivity contribution < 1.29 is 4.39 Å². The minimum Gasteiger partial charge on any atom is -0.317 e. The fourth-order valence-electron chi connectivity index (χ4n) is 2.64. The lowest BCUT2D eigenvalue weighted by Gasteiger charge is -2.26. The number of nitrogens with one attached hydrogen (secondary N) is 1. The van der Waals surface area contributed by atoms with E-state index in [2.05, 4.69) is 17.1 Å². The molecule has 1 heterocycles. The van der Waals surface area contributed by atoms with Gasteiger partial charge in [-0.25, -0.2) is 4.39 Å². The van der Waals surface area contributed by atoms with Gasteiger partial charge in [0, 0.05) is 6.04 Å². The molecule has 0 spiro atoms. The fourth-order valence-corrected chi connectivity index (χ4v) is 3.84. The van der Waals surface area contributed by atoms with Crippen LogP contribution in [-0.4, -0.2) is 24.6 Å². The van der Waals surface area contributed by atoms with E-state index in [9.17, 15) is 4.39 Å². The second-order valence-electron chi connectivity index (χ2n) is 5.11. The highest BCUT2D eigenvalue weighted by molar-refractivity contribution is 7.99. The molecule has 100 valence electrons. The predicted octanol–water partition coefficient (Wildman–Crippen LogP) is 3.49. The van der Waals surface area contributed by atoms with Gasteiger partial charge in [-0.05, 0) is 67.9 Å². The van der Waals surface area contributed by atoms with Gasteiger partial charge >= 0.3 is 0 Å². The Morgan fingerprint density at radius 1 is 1.39 bits per heavy atom. The van der Waals surface area contributed by atoms with E-state index in [4.69, 9.17) is 0 Å². The summed E-state index contributed by atoms with van der Waals surface area (Å²) in [7, 11) is 2.02. The van der Waals surface area contributed by atoms with Crippen molar-refractivity contribution in [1.29, 1.82) is 0 Å². The van der Waals surface area contributed by atoms with Crippen LogP contribution >= 0.6 is 11.8 Å². The van der Waals surface area contributed by atoms with Gasteiger partial charge < -0.3 is 5.32 Å². The van der Waals surface area contributed by atoms with Crippen molar-refractivity contribution >= 4 is 11.8 Å². The van der Waals surface area contributed by atoms with Crippen LogP contribution in [0, 0.1) is 11.7 Å². The molecule has 1 aliphatic rings. The average molecular weight is 267 g/mol. The van der Waals surface area contributed by atoms with Crippen LogP contribution in [0.4, 0.5) is 4.39 Å². The number of rotatable bonds is 5. The van der Waals surface area contributed by atoms with Crippen LogP contribution < -0.4 is 5.32 Å². The zero-order valence-electron chi connectivity index (χ0n) is 11.0. The molecule has 0 aromatic heterocycles. The van der Waals surface area contributed by atoms with Crippen molar-refractivity contribution in [2.75, 3.05) is 18.6 Å². The van der Waals surface area contributed by atoms with Gasteiger partial charge in [0.1, 0.15) is 5.82 Å². The Kier molecular flexibility index (Phi) is 5.51. The third-order valence-electron chi connectivity index (χ3n) is 3.74. The molecule has 18 heavy (non-hydrogen) atoms. The summed E-state index contributed by atoms with van der Waals surface area (Å²) in [5.41, 5.74) is 1.10. The molecule has 1 aromatic carbocycles. The van der Waals surface area contributed by atoms with E-state index in [0.29, 0.717) is 6.04 Å². The Morgan fingerprint density at radius 2 is 2.17 bits per heavy atom. The second-order valence-corrected chi connectivity index (χ2v) is 6.34. The molecule has 1 aromatic rings. The second kappa shape index (κ2) is 7.15. The highest BCUT2D eigenvalue weighted by Crippen LogP contribution is 2.27. The van der Waals surface area contributed by atoms with Gasteiger partial charge in [0.25, 0.3) is 0 Å². The van der Waals surface area contributed by atoms with Gasteiger partial charge in [-0.3, -0.25) is 0 Å². The van der Waals surface area contributed by atoms with Crippen LogP contribution in [-0.2, 0) is 6.42 Å². The summed E-state index contributed by atoms with van der Waals surface area (Å²) in [6.45, 7) is 0. The van der Waals surface area contributed by atoms with Gasteiger partial charge in [0.2, 0.25) is 0 Å². The topological polar surface area (TPSA) is 12.0 Å². The molecule has 1 nitrogen and oxygen atoms in total. The SMILES string of the molecule is CNC(Cc1cccc(F)c1)CC1CCSCC1. The average Bonchev–Trinajstić information content (AvgIpc) is 2.39. The van der Waals surface area contributed by atoms with Gasteiger partial charge in [-0.2, -0.15) is 11.8 Å². The summed E-state index contributed by atoms with van der Waals surface area (Å²) in [5.74, 6) is 3.33. The first-order chi connectivity index (χ1) is 8.78. The molecule has 0 saturated carbocycles. The summed E-state index contributed by atoms with van der Waals surface area (Å²) < 4.78 is 13.2. The molecular weight excluding hydrogens is 245 g/mol. The van der Waals surface area contributed by atoms with Crippen molar-refractivity contribution in [1.82, 2.24) is 5.32 Å². The highest BCUT2D eigenvalue weighted by atomic mass is 32.2. The van der Waals surface area contributed by atoms with Crippen LogP contribution in [0.1, 0.15) is 24.8 Å². The Morgan fingerprint density at radius 3 is 2.83 bits per heavy atom. The maximum atomic E-state index is 13.2. The number of benzene rings is 1. The summed E-state index contributed by atoms with van der Waals surface area (Å²) >= 11 is 2.07. The molecule has 0 bridgehead atoms. The quantitative estimate of drug-likeness (QED) is 0.876. The van der Waals surface area contributed by atoms with Crippen molar-refractivity contribution in [3.05, 3.63) is 35.6 Å². The van der Waals surface area contributed by atoms with E-state index in [0.717, 1.165) is 17.9 Å². The molecule has 1 saturated heterocycles. The van der Waals surface area contributed by atoms with E-state index >= 15 is 0 Å². The van der Waals surface area contributed by atoms with Crippen molar-refractivity contribution in [3.8, 4) is 0 Å². The monoisotopic (exact) mass is 267 g/mol. The largest absolute Gasteiger partial charge is 0.317 e. The van der Waals surface area contributed by atoms with Crippen LogP contribution in [0.25, 0.3) is 0 Å². The summed E-state index contributed by atoms with van der Waals surface area (Å²) in [6.07, 6.45) is 4.82. The van der Waals surface area contributed by atoms with Crippen LogP contribution in [0.2, 0.25) is 0 Å². The smallest absolute Gasteiger partial charge is 0.123 e. The Hall–Kier alpha value is -0.540. The minimum atomic E-state index is -0.128. The Labute approximate surface area is 114 Å². The molecule has 0 amide bonds. The van der Waals surface area contributed by atoms with Crippen molar-refractivity contribution in [2.45, 2.75) is 31.7 Å². The van der Waals surface area contributed by atoms with E-state index < -0.39 is 0 Å². The summed E-state index contributed by atoms with van der Waals surface area (Å²) in [5, 5.41) is 3.39. The highest BCUT2D eigenvalue weighted by Gasteiger charge is 2.18. The normalized spacial score (nSPS) is 18.8. The number of hydrogen-bond acceptors (Lipinski definition) is 2. The third-order valence-corrected chi connectivity index (χ3v) is 4.79. The molecule has 0 radical (unpaired) electrons. The molecule has 1 fully saturated rings. The van der Waals surface area contributed by atoms with Crippen LogP contribution in [0.3, 0.4) is 0 Å². The maximum Gasteiger partial charge on any atom is 0.123 e. The predicted molar refractivity (Wildman–Crippen MR) is 77.6 cm³/mol. The van der Waals surface area contributed by atoms with Crippen LogP contribution in [0.15, 0.2) is 24.3 Å². The summed E-state index contributed by atoms with van der Waals surface area (Å²) in [6, 6.07) is 7.45. The first-order valence-corrected chi connectivity index (χ1v) is 7.93. The molecule has 1 N–H and O–H groups in total. The minimum absolute atomic E-state index is 0.128. The van der Waals surface area contributed by atoms with E-state index in [1.807, 2.05) is 13.1 Å². The standard InChI is InChI=1S/C15H22FNS/c1-17-15(10-12-5-7-18-8-6-12)11-13-3-2-4-14(16)9-13/h2-4,9,12,15,17H,5-8,10-11H2,1H3. The van der Waals surface area contributed by atoms with Gasteiger partial charge in [-0.15, -0.1) is 0 Å². The molecular formula is C15H22FNS. The Bertz CT molecular complexity index is 363. The number of hydrogen-bond donors (Lipinski definition) is 1. The lowest BCUT2D eigenvalue weighted by atomic mass is 9.91. The zero-order valence-corrected chi connectivity index (χ0v) is 11.8. The summed E-state index contributed by atoms with van der Waals surface area (Å²) in [4.78, 5) is 0. The van der Waals surface area contributed by atoms with E-state index in [1.54, 1.807) is 12.1 Å². The van der Waals surface area contributed by atoms with Gasteiger partial charge in [0.05, 0.1) is 0 Å². The van der Waals surface area contributed by atoms with Gasteiger partial charge in [-0.1, -0.05) is 12.1 Å². The van der Waals surface area contributed by atoms with Crippen molar-refractivity contribution in [3.63, 3.8) is 0 Å². The number of halogens is 1. The molecule has 2 rings (SSSR count). The van der Waals surface area contributed by atoms with E-state index in [1.165, 1.54) is 36.8 Å². The number of likely N-dealkylation sites (N-methyl/N-ethyl adjacent to an activating group) is 1. The van der Waals surface area contributed by atoms with E-state index in [-0.39, 0.29) is 5.82 Å². The lowest BCUT2D eigenvalue weighted by molar-refractivity contribution is 0.376. The third kappa shape index (κ3) is 4.29. The fraction of sp³-hybridized carbons (Fsp3) is 0.600. The Balaban J connectivity index is 1.88. The first kappa shape index (κ1) is 13.9. The zero-order chi connectivity index (χ0) is 12.8. The molecule has 3 heteroatoms. The lowest BCUT2D eigenvalue weighted by Crippen LogP contribution is -2.31. The maximum absolute atomic E-state index is 13.2. The molecule has 1 aliphatic heterocycles.